The van der Waals surface area contributed by atoms with E-state index in [0.29, 0.717) is 6.07 Å². The average Bonchev–Trinajstić information content (AvgIpc) is 2.23. The van der Waals surface area contributed by atoms with Crippen molar-refractivity contribution in [2.75, 3.05) is 0 Å². The zero-order valence-corrected chi connectivity index (χ0v) is 14.6. The molecule has 0 heterocycles. The number of phenolic OH excluding ortho intramolecular Hbond substituents is 1. The first kappa shape index (κ1) is 18.9. The van der Waals surface area contributed by atoms with Gasteiger partial charge in [0.2, 0.25) is 0 Å². The summed E-state index contributed by atoms with van der Waals surface area (Å²) < 4.78 is 59.4. The summed E-state index contributed by atoms with van der Waals surface area (Å²) in [6.07, 6.45) is -4.01. The van der Waals surface area contributed by atoms with Crippen molar-refractivity contribution in [3.05, 3.63) is 58.7 Å². The second kappa shape index (κ2) is 6.96. The third kappa shape index (κ3) is 4.20. The Morgan fingerprint density at radius 1 is 1.09 bits per heavy atom. The Bertz CT molecular complexity index is 646. The van der Waals surface area contributed by atoms with Crippen LogP contribution in [0.5, 0.6) is 11.5 Å². The topological polar surface area (TPSA) is 29.5 Å². The van der Waals surface area contributed by atoms with Gasteiger partial charge in [-0.2, -0.15) is 14.3 Å². The van der Waals surface area contributed by atoms with E-state index in [1.165, 1.54) is 13.8 Å². The van der Waals surface area contributed by atoms with E-state index in [1.807, 2.05) is 0 Å². The second-order valence-electron chi connectivity index (χ2n) is 4.59. The molecular formula is C15H11F4O2Y-. The minimum Gasteiger partial charge on any atom is -0.508 e. The zero-order valence-electron chi connectivity index (χ0n) is 11.8. The number of rotatable bonds is 3. The maximum absolute atomic E-state index is 14.1. The van der Waals surface area contributed by atoms with Crippen LogP contribution in [0.2, 0.25) is 0 Å². The molecule has 2 rings (SSSR count). The van der Waals surface area contributed by atoms with E-state index in [4.69, 9.17) is 5.11 Å². The van der Waals surface area contributed by atoms with Gasteiger partial charge in [0.25, 0.3) is 0 Å². The molecule has 22 heavy (non-hydrogen) atoms. The van der Waals surface area contributed by atoms with Gasteiger partial charge in [0.1, 0.15) is 17.1 Å². The molecule has 0 amide bonds. The fraction of sp³-hybridized carbons (Fsp3) is 0.200. The molecule has 0 aliphatic heterocycles. The monoisotopic (exact) mass is 388 g/mol. The molecule has 0 unspecified atom stereocenters. The van der Waals surface area contributed by atoms with Crippen LogP contribution in [0.3, 0.4) is 0 Å². The molecule has 0 aliphatic carbocycles. The molecule has 1 radical (unpaired) electrons. The third-order valence-electron chi connectivity index (χ3n) is 2.75. The Balaban J connectivity index is 0.00000242. The van der Waals surface area contributed by atoms with Gasteiger partial charge in [-0.3, -0.25) is 0 Å². The molecule has 0 spiro atoms. The number of aryl methyl sites for hydroxylation is 2. The van der Waals surface area contributed by atoms with Crippen LogP contribution in [-0.4, -0.2) is 5.11 Å². The van der Waals surface area contributed by atoms with Gasteiger partial charge in [-0.25, -0.2) is 8.78 Å². The summed E-state index contributed by atoms with van der Waals surface area (Å²) in [7, 11) is 0. The van der Waals surface area contributed by atoms with Crippen molar-refractivity contribution in [1.82, 2.24) is 0 Å². The molecule has 2 aromatic carbocycles. The maximum Gasteiger partial charge on any atom is 0.427 e. The van der Waals surface area contributed by atoms with E-state index in [-0.39, 0.29) is 43.8 Å². The largest absolute Gasteiger partial charge is 0.508 e. The van der Waals surface area contributed by atoms with Crippen molar-refractivity contribution in [3.8, 4) is 11.5 Å². The number of alkyl halides is 2. The molecule has 0 aliphatic rings. The van der Waals surface area contributed by atoms with Crippen LogP contribution in [0.4, 0.5) is 17.6 Å². The predicted octanol–water partition coefficient (Wildman–Crippen LogP) is 4.21. The molecule has 0 fully saturated rings. The summed E-state index contributed by atoms with van der Waals surface area (Å²) in [4.78, 5) is 0. The first-order valence-electron chi connectivity index (χ1n) is 5.95. The van der Waals surface area contributed by atoms with Crippen LogP contribution < -0.4 is 4.74 Å². The van der Waals surface area contributed by atoms with Crippen LogP contribution in [-0.2, 0) is 38.8 Å². The molecular weight excluding hydrogens is 377 g/mol. The Labute approximate surface area is 150 Å². The number of benzene rings is 2. The van der Waals surface area contributed by atoms with Crippen molar-refractivity contribution < 1.29 is 60.1 Å². The molecule has 7 heteroatoms. The van der Waals surface area contributed by atoms with Crippen LogP contribution in [0.15, 0.2) is 24.3 Å². The predicted molar refractivity (Wildman–Crippen MR) is 67.3 cm³/mol. The maximum atomic E-state index is 14.1. The number of hydrogen-bond donors (Lipinski definition) is 1. The molecule has 0 atom stereocenters. The zero-order chi connectivity index (χ0) is 15.8. The van der Waals surface area contributed by atoms with Gasteiger partial charge in [0, 0.05) is 50.3 Å². The number of halogens is 4. The van der Waals surface area contributed by atoms with Gasteiger partial charge in [-0.15, -0.1) is 12.1 Å². The molecule has 0 saturated carbocycles. The Hall–Kier alpha value is -1.14. The smallest absolute Gasteiger partial charge is 0.427 e. The van der Waals surface area contributed by atoms with E-state index >= 15 is 0 Å². The van der Waals surface area contributed by atoms with E-state index in [0.717, 1.165) is 18.2 Å². The standard InChI is InChI=1S/C15H11F4O2.Y/c1-8-3-10(16)6-12(4-8)21-15(18,19)14-9(2)5-11(20)7-13(14)17;/h4-7,20H,1-2H3;/q-1;. The Morgan fingerprint density at radius 3 is 2.27 bits per heavy atom. The van der Waals surface area contributed by atoms with Crippen molar-refractivity contribution >= 4 is 0 Å². The molecule has 115 valence electrons. The summed E-state index contributed by atoms with van der Waals surface area (Å²) >= 11 is 0. The molecule has 0 saturated heterocycles. The van der Waals surface area contributed by atoms with Gasteiger partial charge in [0.05, 0.1) is 0 Å². The number of ether oxygens (including phenoxy) is 1. The van der Waals surface area contributed by atoms with Crippen LogP contribution in [0.25, 0.3) is 0 Å². The minimum atomic E-state index is -4.01. The molecule has 0 bridgehead atoms. The summed E-state index contributed by atoms with van der Waals surface area (Å²) in [5.74, 6) is -3.08. The normalized spacial score (nSPS) is 11.0. The second-order valence-corrected chi connectivity index (χ2v) is 4.59. The Kier molecular flexibility index (Phi) is 5.98. The number of aromatic hydroxyl groups is 1. The number of hydrogen-bond acceptors (Lipinski definition) is 2. The number of phenols is 1. The summed E-state index contributed by atoms with van der Waals surface area (Å²) in [6.45, 7) is 2.67. The van der Waals surface area contributed by atoms with Crippen LogP contribution in [0, 0.1) is 31.5 Å². The first-order valence-corrected chi connectivity index (χ1v) is 5.95. The van der Waals surface area contributed by atoms with Crippen molar-refractivity contribution in [3.63, 3.8) is 0 Å². The van der Waals surface area contributed by atoms with E-state index in [2.05, 4.69) is 10.8 Å². The first-order chi connectivity index (χ1) is 9.69. The minimum absolute atomic E-state index is 0. The van der Waals surface area contributed by atoms with Crippen LogP contribution in [0.1, 0.15) is 16.7 Å². The van der Waals surface area contributed by atoms with Gasteiger partial charge in [-0.1, -0.05) is 13.0 Å². The SMILES string of the molecule is Cc1[c-]c(F)cc(OC(F)(F)c2c(C)cc(O)cc2F)c1.[Y]. The van der Waals surface area contributed by atoms with E-state index in [9.17, 15) is 17.6 Å². The molecule has 0 aromatic heterocycles. The fourth-order valence-electron chi connectivity index (χ4n) is 1.99. The van der Waals surface area contributed by atoms with Crippen molar-refractivity contribution in [1.29, 1.82) is 0 Å². The molecule has 2 aromatic rings. The van der Waals surface area contributed by atoms with Crippen molar-refractivity contribution in [2.45, 2.75) is 20.0 Å². The van der Waals surface area contributed by atoms with E-state index < -0.39 is 34.8 Å². The Morgan fingerprint density at radius 2 is 1.73 bits per heavy atom. The van der Waals surface area contributed by atoms with Crippen LogP contribution >= 0.6 is 0 Å². The summed E-state index contributed by atoms with van der Waals surface area (Å²) in [5.41, 5.74) is -0.924. The third-order valence-corrected chi connectivity index (χ3v) is 2.75. The molecule has 2 nitrogen and oxygen atoms in total. The van der Waals surface area contributed by atoms with Gasteiger partial charge < -0.3 is 9.84 Å². The van der Waals surface area contributed by atoms with Gasteiger partial charge in [-0.05, 0) is 18.6 Å². The van der Waals surface area contributed by atoms with Gasteiger partial charge in [0.15, 0.2) is 0 Å². The van der Waals surface area contributed by atoms with E-state index in [1.54, 1.807) is 0 Å². The molecule has 1 N–H and O–H groups in total. The van der Waals surface area contributed by atoms with Crippen molar-refractivity contribution in [2.24, 2.45) is 0 Å². The van der Waals surface area contributed by atoms with Gasteiger partial charge >= 0.3 is 6.11 Å². The fourth-order valence-corrected chi connectivity index (χ4v) is 1.99. The summed E-state index contributed by atoms with van der Waals surface area (Å²) in [6, 6.07) is 5.70. The quantitative estimate of drug-likeness (QED) is 0.631. The average molecular weight is 388 g/mol. The summed E-state index contributed by atoms with van der Waals surface area (Å²) in [5, 5.41) is 9.17.